The molecule has 0 bridgehead atoms. The Morgan fingerprint density at radius 2 is 1.78 bits per heavy atom. The first kappa shape index (κ1) is 15.0. The topological polar surface area (TPSA) is 20.3 Å². The number of hydrogen-bond donors (Lipinski definition) is 0. The van der Waals surface area contributed by atoms with Crippen molar-refractivity contribution in [3.8, 4) is 0 Å². The maximum absolute atomic E-state index is 12.2. The van der Waals surface area contributed by atoms with Gasteiger partial charge < -0.3 is 4.90 Å². The summed E-state index contributed by atoms with van der Waals surface area (Å²) in [5, 5.41) is 0. The third-order valence-electron chi connectivity index (χ3n) is 3.20. The Morgan fingerprint density at radius 3 is 2.17 bits per heavy atom. The molecule has 0 fully saturated rings. The maximum Gasteiger partial charge on any atom is 0.253 e. The summed E-state index contributed by atoms with van der Waals surface area (Å²) < 4.78 is 0. The second-order valence-corrected chi connectivity index (χ2v) is 6.06. The molecule has 0 saturated heterocycles. The third kappa shape index (κ3) is 3.49. The Hall–Kier alpha value is -1.02. The number of amides is 1. The van der Waals surface area contributed by atoms with Gasteiger partial charge in [-0.2, -0.15) is 0 Å². The predicted octanol–water partition coefficient (Wildman–Crippen LogP) is 3.68. The summed E-state index contributed by atoms with van der Waals surface area (Å²) in [6.07, 6.45) is 0. The molecule has 0 aliphatic rings. The van der Waals surface area contributed by atoms with Crippen molar-refractivity contribution in [1.29, 1.82) is 0 Å². The standard InChI is InChI=1S/C15H22ClNO/c1-11(10-16)17(5)14(18)12-6-8-13(9-7-12)15(2,3)4/h6-9,11H,10H2,1-5H3. The third-order valence-corrected chi connectivity index (χ3v) is 3.65. The monoisotopic (exact) mass is 267 g/mol. The van der Waals surface area contributed by atoms with Gasteiger partial charge in [-0.1, -0.05) is 32.9 Å². The van der Waals surface area contributed by atoms with Gasteiger partial charge >= 0.3 is 0 Å². The van der Waals surface area contributed by atoms with Gasteiger partial charge in [-0.3, -0.25) is 4.79 Å². The van der Waals surface area contributed by atoms with E-state index in [-0.39, 0.29) is 17.4 Å². The molecule has 0 aliphatic heterocycles. The van der Waals surface area contributed by atoms with Crippen LogP contribution in [-0.4, -0.2) is 29.8 Å². The van der Waals surface area contributed by atoms with Gasteiger partial charge in [0.2, 0.25) is 0 Å². The number of nitrogens with zero attached hydrogens (tertiary/aromatic N) is 1. The van der Waals surface area contributed by atoms with Crippen LogP contribution >= 0.6 is 11.6 Å². The number of alkyl halides is 1. The molecule has 2 nitrogen and oxygen atoms in total. The van der Waals surface area contributed by atoms with E-state index in [0.717, 1.165) is 0 Å². The van der Waals surface area contributed by atoms with Crippen LogP contribution in [0.15, 0.2) is 24.3 Å². The fourth-order valence-electron chi connectivity index (χ4n) is 1.62. The van der Waals surface area contributed by atoms with E-state index in [2.05, 4.69) is 20.8 Å². The quantitative estimate of drug-likeness (QED) is 0.765. The van der Waals surface area contributed by atoms with Crippen LogP contribution < -0.4 is 0 Å². The van der Waals surface area contributed by atoms with Crippen molar-refractivity contribution >= 4 is 17.5 Å². The molecule has 1 aromatic rings. The number of carbonyl (C=O) groups is 1. The predicted molar refractivity (Wildman–Crippen MR) is 77.4 cm³/mol. The summed E-state index contributed by atoms with van der Waals surface area (Å²) in [7, 11) is 1.78. The zero-order valence-electron chi connectivity index (χ0n) is 11.8. The molecule has 1 rings (SSSR count). The SMILES string of the molecule is CC(CCl)N(C)C(=O)c1ccc(C(C)(C)C)cc1. The number of benzene rings is 1. The zero-order chi connectivity index (χ0) is 13.9. The number of hydrogen-bond acceptors (Lipinski definition) is 1. The van der Waals surface area contributed by atoms with Gasteiger partial charge in [-0.15, -0.1) is 11.6 Å². The number of carbonyl (C=O) groups excluding carboxylic acids is 1. The molecule has 3 heteroatoms. The van der Waals surface area contributed by atoms with Gasteiger partial charge in [0.05, 0.1) is 0 Å². The van der Waals surface area contributed by atoms with Gasteiger partial charge in [0.1, 0.15) is 0 Å². The Balaban J connectivity index is 2.89. The molecule has 0 saturated carbocycles. The zero-order valence-corrected chi connectivity index (χ0v) is 12.6. The van der Waals surface area contributed by atoms with Crippen LogP contribution in [0.2, 0.25) is 0 Å². The Labute approximate surface area is 115 Å². The van der Waals surface area contributed by atoms with Gasteiger partial charge in [-0.05, 0) is 30.0 Å². The normalized spacial score (nSPS) is 13.2. The summed E-state index contributed by atoms with van der Waals surface area (Å²) in [4.78, 5) is 13.9. The highest BCUT2D eigenvalue weighted by Gasteiger charge is 2.18. The maximum atomic E-state index is 12.2. The molecule has 0 aliphatic carbocycles. The lowest BCUT2D eigenvalue weighted by atomic mass is 9.86. The van der Waals surface area contributed by atoms with Crippen LogP contribution in [0.3, 0.4) is 0 Å². The van der Waals surface area contributed by atoms with Crippen molar-refractivity contribution in [1.82, 2.24) is 4.90 Å². The summed E-state index contributed by atoms with van der Waals surface area (Å²) >= 11 is 5.77. The van der Waals surface area contributed by atoms with Crippen molar-refractivity contribution in [2.75, 3.05) is 12.9 Å². The fourth-order valence-corrected chi connectivity index (χ4v) is 1.83. The van der Waals surface area contributed by atoms with Crippen LogP contribution in [0.4, 0.5) is 0 Å². The molecule has 1 aromatic carbocycles. The van der Waals surface area contributed by atoms with Crippen LogP contribution in [-0.2, 0) is 5.41 Å². The Bertz CT molecular complexity index is 405. The molecule has 0 heterocycles. The molecule has 1 unspecified atom stereocenters. The van der Waals surface area contributed by atoms with Crippen LogP contribution in [0.1, 0.15) is 43.6 Å². The van der Waals surface area contributed by atoms with Crippen molar-refractivity contribution in [2.45, 2.75) is 39.2 Å². The number of halogens is 1. The van der Waals surface area contributed by atoms with Crippen molar-refractivity contribution in [3.05, 3.63) is 35.4 Å². The lowest BCUT2D eigenvalue weighted by Crippen LogP contribution is -2.36. The van der Waals surface area contributed by atoms with E-state index in [0.29, 0.717) is 11.4 Å². The molecule has 18 heavy (non-hydrogen) atoms. The van der Waals surface area contributed by atoms with E-state index in [1.54, 1.807) is 11.9 Å². The molecular formula is C15H22ClNO. The van der Waals surface area contributed by atoms with Gasteiger partial charge in [0.15, 0.2) is 0 Å². The van der Waals surface area contributed by atoms with Gasteiger partial charge in [0, 0.05) is 24.5 Å². The van der Waals surface area contributed by atoms with E-state index < -0.39 is 0 Å². The Kier molecular flexibility index (Phi) is 4.80. The minimum absolute atomic E-state index is 0.0172. The first-order valence-corrected chi connectivity index (χ1v) is 6.74. The second-order valence-electron chi connectivity index (χ2n) is 5.75. The Morgan fingerprint density at radius 1 is 1.28 bits per heavy atom. The van der Waals surface area contributed by atoms with Crippen molar-refractivity contribution < 1.29 is 4.79 Å². The molecule has 0 aromatic heterocycles. The van der Waals surface area contributed by atoms with Gasteiger partial charge in [-0.25, -0.2) is 0 Å². The first-order chi connectivity index (χ1) is 8.27. The average Bonchev–Trinajstić information content (AvgIpc) is 2.35. The largest absolute Gasteiger partial charge is 0.338 e. The first-order valence-electron chi connectivity index (χ1n) is 6.21. The fraction of sp³-hybridized carbons (Fsp3) is 0.533. The molecule has 0 N–H and O–H groups in total. The minimum atomic E-state index is 0.0172. The summed E-state index contributed by atoms with van der Waals surface area (Å²) in [5.74, 6) is 0.464. The lowest BCUT2D eigenvalue weighted by Gasteiger charge is -2.24. The van der Waals surface area contributed by atoms with E-state index in [1.807, 2.05) is 31.2 Å². The van der Waals surface area contributed by atoms with E-state index in [4.69, 9.17) is 11.6 Å². The van der Waals surface area contributed by atoms with Gasteiger partial charge in [0.25, 0.3) is 5.91 Å². The molecule has 100 valence electrons. The van der Waals surface area contributed by atoms with E-state index in [1.165, 1.54) is 5.56 Å². The average molecular weight is 268 g/mol. The van der Waals surface area contributed by atoms with Crippen molar-refractivity contribution in [2.24, 2.45) is 0 Å². The van der Waals surface area contributed by atoms with E-state index in [9.17, 15) is 4.79 Å². The number of rotatable bonds is 3. The van der Waals surface area contributed by atoms with E-state index >= 15 is 0 Å². The molecule has 0 radical (unpaired) electrons. The second kappa shape index (κ2) is 5.75. The molecule has 0 spiro atoms. The highest BCUT2D eigenvalue weighted by molar-refractivity contribution is 6.18. The van der Waals surface area contributed by atoms with Crippen LogP contribution in [0, 0.1) is 0 Å². The summed E-state index contributed by atoms with van der Waals surface area (Å²) in [6, 6.07) is 7.86. The smallest absolute Gasteiger partial charge is 0.253 e. The minimum Gasteiger partial charge on any atom is -0.338 e. The molecule has 1 amide bonds. The molecular weight excluding hydrogens is 246 g/mol. The van der Waals surface area contributed by atoms with Crippen molar-refractivity contribution in [3.63, 3.8) is 0 Å². The van der Waals surface area contributed by atoms with Crippen LogP contribution in [0.25, 0.3) is 0 Å². The summed E-state index contributed by atoms with van der Waals surface area (Å²) in [5.41, 5.74) is 2.05. The van der Waals surface area contributed by atoms with Crippen LogP contribution in [0.5, 0.6) is 0 Å². The highest BCUT2D eigenvalue weighted by atomic mass is 35.5. The lowest BCUT2D eigenvalue weighted by molar-refractivity contribution is 0.0756. The highest BCUT2D eigenvalue weighted by Crippen LogP contribution is 2.22. The summed E-state index contributed by atoms with van der Waals surface area (Å²) in [6.45, 7) is 8.41. The molecule has 1 atom stereocenters.